The van der Waals surface area contributed by atoms with Gasteiger partial charge in [-0.1, -0.05) is 17.7 Å². The summed E-state index contributed by atoms with van der Waals surface area (Å²) in [4.78, 5) is 12.6. The predicted molar refractivity (Wildman–Crippen MR) is 95.7 cm³/mol. The second kappa shape index (κ2) is 7.25. The fourth-order valence-electron chi connectivity index (χ4n) is 2.67. The standard InChI is InChI=1S/C18H28BNO4/c1-13-9-7-10-14(16(21)20-11-8-12-22-6)15(13)19-23-17(2,3)18(4,5)24-19/h7,9-10H,8,11-12H2,1-6H3,(H,20,21). The molecule has 0 atom stereocenters. The van der Waals surface area contributed by atoms with Gasteiger partial charge in [0.25, 0.3) is 5.91 Å². The first-order valence-corrected chi connectivity index (χ1v) is 8.42. The average Bonchev–Trinajstić information content (AvgIpc) is 2.71. The van der Waals surface area contributed by atoms with Crippen LogP contribution in [0.4, 0.5) is 0 Å². The van der Waals surface area contributed by atoms with Gasteiger partial charge in [0.2, 0.25) is 0 Å². The lowest BCUT2D eigenvalue weighted by Gasteiger charge is -2.32. The highest BCUT2D eigenvalue weighted by molar-refractivity contribution is 6.64. The molecule has 0 saturated carbocycles. The molecule has 5 nitrogen and oxygen atoms in total. The van der Waals surface area contributed by atoms with Crippen LogP contribution in [0.25, 0.3) is 0 Å². The number of carbonyl (C=O) groups is 1. The minimum Gasteiger partial charge on any atom is -0.399 e. The molecule has 0 bridgehead atoms. The summed E-state index contributed by atoms with van der Waals surface area (Å²) in [7, 11) is 1.11. The van der Waals surface area contributed by atoms with Gasteiger partial charge in [-0.2, -0.15) is 0 Å². The molecule has 132 valence electrons. The summed E-state index contributed by atoms with van der Waals surface area (Å²) in [5.74, 6) is -0.112. The van der Waals surface area contributed by atoms with Gasteiger partial charge >= 0.3 is 7.12 Å². The van der Waals surface area contributed by atoms with Crippen molar-refractivity contribution in [1.82, 2.24) is 5.32 Å². The van der Waals surface area contributed by atoms with E-state index in [1.54, 1.807) is 7.11 Å². The Morgan fingerprint density at radius 1 is 1.21 bits per heavy atom. The molecule has 1 heterocycles. The van der Waals surface area contributed by atoms with E-state index in [2.05, 4.69) is 5.32 Å². The van der Waals surface area contributed by atoms with E-state index >= 15 is 0 Å². The van der Waals surface area contributed by atoms with Crippen LogP contribution in [0.5, 0.6) is 0 Å². The minimum absolute atomic E-state index is 0.112. The van der Waals surface area contributed by atoms with Gasteiger partial charge in [0, 0.05) is 25.8 Å². The molecule has 1 aliphatic heterocycles. The van der Waals surface area contributed by atoms with Gasteiger partial charge in [-0.05, 0) is 52.6 Å². The van der Waals surface area contributed by atoms with Crippen molar-refractivity contribution in [2.24, 2.45) is 0 Å². The van der Waals surface area contributed by atoms with Gasteiger partial charge in [0.05, 0.1) is 11.2 Å². The van der Waals surface area contributed by atoms with E-state index in [0.29, 0.717) is 18.7 Å². The van der Waals surface area contributed by atoms with Crippen molar-refractivity contribution in [3.8, 4) is 0 Å². The first-order chi connectivity index (χ1) is 11.2. The number of aryl methyl sites for hydroxylation is 1. The Morgan fingerprint density at radius 2 is 1.83 bits per heavy atom. The molecule has 0 spiro atoms. The lowest BCUT2D eigenvalue weighted by Crippen LogP contribution is -2.42. The number of benzene rings is 1. The highest BCUT2D eigenvalue weighted by Crippen LogP contribution is 2.36. The number of ether oxygens (including phenoxy) is 1. The molecule has 24 heavy (non-hydrogen) atoms. The van der Waals surface area contributed by atoms with Crippen molar-refractivity contribution >= 4 is 18.5 Å². The first-order valence-electron chi connectivity index (χ1n) is 8.42. The van der Waals surface area contributed by atoms with E-state index in [-0.39, 0.29) is 5.91 Å². The minimum atomic E-state index is -0.545. The van der Waals surface area contributed by atoms with Gasteiger partial charge in [-0.25, -0.2) is 0 Å². The molecule has 0 unspecified atom stereocenters. The van der Waals surface area contributed by atoms with Gasteiger partial charge in [-0.15, -0.1) is 0 Å². The van der Waals surface area contributed by atoms with E-state index in [0.717, 1.165) is 17.4 Å². The third kappa shape index (κ3) is 3.82. The number of hydrogen-bond donors (Lipinski definition) is 1. The van der Waals surface area contributed by atoms with Crippen LogP contribution in [-0.2, 0) is 14.0 Å². The average molecular weight is 333 g/mol. The molecule has 1 amide bonds. The summed E-state index contributed by atoms with van der Waals surface area (Å²) in [5.41, 5.74) is 1.52. The Balaban J connectivity index is 2.23. The third-order valence-corrected chi connectivity index (χ3v) is 4.87. The Bertz CT molecular complexity index is 585. The number of hydrogen-bond acceptors (Lipinski definition) is 4. The number of methoxy groups -OCH3 is 1. The van der Waals surface area contributed by atoms with Gasteiger partial charge < -0.3 is 19.4 Å². The highest BCUT2D eigenvalue weighted by atomic mass is 16.7. The summed E-state index contributed by atoms with van der Waals surface area (Å²) < 4.78 is 17.3. The maximum atomic E-state index is 12.6. The van der Waals surface area contributed by atoms with Gasteiger partial charge in [-0.3, -0.25) is 4.79 Å². The van der Waals surface area contributed by atoms with Gasteiger partial charge in [0.15, 0.2) is 0 Å². The van der Waals surface area contributed by atoms with Crippen molar-refractivity contribution in [3.05, 3.63) is 29.3 Å². The van der Waals surface area contributed by atoms with E-state index in [9.17, 15) is 4.79 Å². The van der Waals surface area contributed by atoms with E-state index in [4.69, 9.17) is 14.0 Å². The maximum Gasteiger partial charge on any atom is 0.495 e. The fraction of sp³-hybridized carbons (Fsp3) is 0.611. The van der Waals surface area contributed by atoms with Crippen LogP contribution < -0.4 is 10.8 Å². The third-order valence-electron chi connectivity index (χ3n) is 4.87. The molecule has 1 aliphatic rings. The molecule has 0 aliphatic carbocycles. The van der Waals surface area contributed by atoms with Crippen LogP contribution in [0.2, 0.25) is 0 Å². The zero-order valence-electron chi connectivity index (χ0n) is 15.6. The molecule has 1 N–H and O–H groups in total. The second-order valence-electron chi connectivity index (χ2n) is 7.23. The largest absolute Gasteiger partial charge is 0.495 e. The maximum absolute atomic E-state index is 12.6. The molecule has 6 heteroatoms. The molecule has 0 radical (unpaired) electrons. The van der Waals surface area contributed by atoms with Crippen molar-refractivity contribution in [1.29, 1.82) is 0 Å². The zero-order chi connectivity index (χ0) is 18.0. The van der Waals surface area contributed by atoms with Gasteiger partial charge in [0.1, 0.15) is 0 Å². The van der Waals surface area contributed by atoms with Crippen LogP contribution >= 0.6 is 0 Å². The van der Waals surface area contributed by atoms with Crippen molar-refractivity contribution in [2.45, 2.75) is 52.2 Å². The van der Waals surface area contributed by atoms with Crippen LogP contribution in [0.1, 0.15) is 50.0 Å². The Morgan fingerprint density at radius 3 is 2.42 bits per heavy atom. The quantitative estimate of drug-likeness (QED) is 0.640. The number of nitrogens with one attached hydrogen (secondary N) is 1. The summed E-state index contributed by atoms with van der Waals surface area (Å²) >= 11 is 0. The van der Waals surface area contributed by atoms with E-state index in [1.165, 1.54) is 0 Å². The molecule has 1 aromatic rings. The zero-order valence-corrected chi connectivity index (χ0v) is 15.6. The summed E-state index contributed by atoms with van der Waals surface area (Å²) in [6.45, 7) is 11.2. The summed E-state index contributed by atoms with van der Waals surface area (Å²) in [6, 6.07) is 5.68. The lowest BCUT2D eigenvalue weighted by molar-refractivity contribution is 0.00578. The van der Waals surface area contributed by atoms with Crippen LogP contribution in [0.15, 0.2) is 18.2 Å². The number of carbonyl (C=O) groups excluding carboxylic acids is 1. The fourth-order valence-corrected chi connectivity index (χ4v) is 2.67. The van der Waals surface area contributed by atoms with Crippen LogP contribution in [0.3, 0.4) is 0 Å². The first kappa shape index (κ1) is 19.0. The van der Waals surface area contributed by atoms with E-state index < -0.39 is 18.3 Å². The molecule has 1 saturated heterocycles. The highest BCUT2D eigenvalue weighted by Gasteiger charge is 2.52. The molecular weight excluding hydrogens is 305 g/mol. The number of rotatable bonds is 6. The molecule has 0 aromatic heterocycles. The van der Waals surface area contributed by atoms with Crippen molar-refractivity contribution in [2.75, 3.05) is 20.3 Å². The van der Waals surface area contributed by atoms with Crippen molar-refractivity contribution < 1.29 is 18.8 Å². The van der Waals surface area contributed by atoms with Crippen LogP contribution in [-0.4, -0.2) is 44.5 Å². The SMILES string of the molecule is COCCCNC(=O)c1cccc(C)c1B1OC(C)(C)C(C)(C)O1. The smallest absolute Gasteiger partial charge is 0.399 e. The Labute approximate surface area is 145 Å². The number of amides is 1. The topological polar surface area (TPSA) is 56.8 Å². The summed E-state index contributed by atoms with van der Waals surface area (Å²) in [5, 5.41) is 2.94. The monoisotopic (exact) mass is 333 g/mol. The lowest BCUT2D eigenvalue weighted by atomic mass is 9.73. The molecule has 1 fully saturated rings. The van der Waals surface area contributed by atoms with Crippen LogP contribution in [0, 0.1) is 6.92 Å². The van der Waals surface area contributed by atoms with Crippen molar-refractivity contribution in [3.63, 3.8) is 0 Å². The van der Waals surface area contributed by atoms with E-state index in [1.807, 2.05) is 52.8 Å². The summed E-state index contributed by atoms with van der Waals surface area (Å²) in [6.07, 6.45) is 0.778. The predicted octanol–water partition coefficient (Wildman–Crippen LogP) is 2.06. The normalized spacial score (nSPS) is 18.7. The molecule has 2 rings (SSSR count). The molecule has 1 aromatic carbocycles. The second-order valence-corrected chi connectivity index (χ2v) is 7.23. The molecular formula is C18H28BNO4. The Hall–Kier alpha value is -1.37. The Kier molecular flexibility index (Phi) is 5.73.